The molecule has 0 aromatic rings. The molecule has 8 atom stereocenters. The molecule has 3 saturated carbocycles. The first-order valence-corrected chi connectivity index (χ1v) is 20.8. The highest BCUT2D eigenvalue weighted by molar-refractivity contribution is 5.25. The van der Waals surface area contributed by atoms with E-state index in [2.05, 4.69) is 71.9 Å². The monoisotopic (exact) mass is 619 g/mol. The molecule has 4 aliphatic carbocycles. The number of unbranched alkanes of at least 4 members (excludes halogenated alkanes) is 9. The summed E-state index contributed by atoms with van der Waals surface area (Å²) >= 11 is 0. The minimum Gasteiger partial charge on any atom is -0.0882 e. The molecule has 4 rings (SSSR count). The molecule has 4 aliphatic rings. The van der Waals surface area contributed by atoms with Gasteiger partial charge in [0.25, 0.3) is 0 Å². The van der Waals surface area contributed by atoms with Crippen LogP contribution in [0, 0.1) is 52.3 Å². The summed E-state index contributed by atoms with van der Waals surface area (Å²) in [6, 6.07) is 0. The fourth-order valence-corrected chi connectivity index (χ4v) is 11.4. The smallest absolute Gasteiger partial charge is 0.00851 e. The summed E-state index contributed by atoms with van der Waals surface area (Å²) in [4.78, 5) is 0. The standard InChI is InChI=1S/C45H78/c1-7-8-9-10-11-12-13-14-15-16-17-18-19-20-21-22-26-38-31-33-44(5)39(35-38)27-28-40-42-30-29-41(37(4)25-23-24-36(2)3)45(42,6)34-32-43(40)44/h14-15,17-18,27,36-38,40-43H,7-13,16,19-26,28-35H2,1-6H3/t37-,38?,40?,41-,42?,43?,44+,45-/m1/s1. The Morgan fingerprint density at radius 1 is 0.733 bits per heavy atom. The van der Waals surface area contributed by atoms with Gasteiger partial charge in [-0.25, -0.2) is 0 Å². The number of fused-ring (bicyclic) bond motifs is 5. The minimum atomic E-state index is 0.523. The maximum Gasteiger partial charge on any atom is -0.00851 e. The lowest BCUT2D eigenvalue weighted by atomic mass is 9.46. The molecule has 0 heterocycles. The van der Waals surface area contributed by atoms with E-state index < -0.39 is 0 Å². The van der Waals surface area contributed by atoms with Crippen molar-refractivity contribution in [2.75, 3.05) is 0 Å². The van der Waals surface area contributed by atoms with Crippen LogP contribution in [0.15, 0.2) is 36.0 Å². The van der Waals surface area contributed by atoms with Crippen LogP contribution in [0.1, 0.15) is 196 Å². The summed E-state index contributed by atoms with van der Waals surface area (Å²) in [6.07, 6.45) is 46.6. The fraction of sp³-hybridized carbons (Fsp3) is 0.867. The quantitative estimate of drug-likeness (QED) is 0.0940. The topological polar surface area (TPSA) is 0 Å². The lowest BCUT2D eigenvalue weighted by Gasteiger charge is -2.58. The lowest BCUT2D eigenvalue weighted by Crippen LogP contribution is -2.50. The summed E-state index contributed by atoms with van der Waals surface area (Å²) in [5.74, 6) is 6.68. The Kier molecular flexibility index (Phi) is 15.4. The normalized spacial score (nSPS) is 33.8. The molecular formula is C45H78. The Morgan fingerprint density at radius 2 is 1.44 bits per heavy atom. The van der Waals surface area contributed by atoms with Gasteiger partial charge < -0.3 is 0 Å². The third kappa shape index (κ3) is 10.1. The van der Waals surface area contributed by atoms with Crippen LogP contribution < -0.4 is 0 Å². The van der Waals surface area contributed by atoms with Gasteiger partial charge in [0.2, 0.25) is 0 Å². The van der Waals surface area contributed by atoms with Gasteiger partial charge >= 0.3 is 0 Å². The molecule has 0 saturated heterocycles. The van der Waals surface area contributed by atoms with Crippen LogP contribution >= 0.6 is 0 Å². The van der Waals surface area contributed by atoms with Crippen LogP contribution in [0.4, 0.5) is 0 Å². The van der Waals surface area contributed by atoms with Gasteiger partial charge in [-0.15, -0.1) is 0 Å². The molecule has 0 aliphatic heterocycles. The zero-order valence-corrected chi connectivity index (χ0v) is 31.4. The third-order valence-electron chi connectivity index (χ3n) is 14.2. The molecule has 3 fully saturated rings. The van der Waals surface area contributed by atoms with Crippen molar-refractivity contribution in [3.63, 3.8) is 0 Å². The van der Waals surface area contributed by atoms with Gasteiger partial charge in [0, 0.05) is 0 Å². The number of rotatable bonds is 20. The van der Waals surface area contributed by atoms with Gasteiger partial charge in [-0.05, 0) is 136 Å². The summed E-state index contributed by atoms with van der Waals surface area (Å²) in [7, 11) is 0. The summed E-state index contributed by atoms with van der Waals surface area (Å²) in [5.41, 5.74) is 3.05. The predicted molar refractivity (Wildman–Crippen MR) is 201 cm³/mol. The first kappa shape index (κ1) is 37.0. The molecule has 0 bridgehead atoms. The second-order valence-electron chi connectivity index (χ2n) is 17.8. The van der Waals surface area contributed by atoms with E-state index in [1.54, 1.807) is 0 Å². The average Bonchev–Trinajstić information content (AvgIpc) is 3.38. The predicted octanol–water partition coefficient (Wildman–Crippen LogP) is 14.8. The Morgan fingerprint density at radius 3 is 2.18 bits per heavy atom. The molecule has 0 N–H and O–H groups in total. The number of hydrogen-bond acceptors (Lipinski definition) is 0. The van der Waals surface area contributed by atoms with E-state index in [0.717, 1.165) is 47.8 Å². The molecule has 0 radical (unpaired) electrons. The maximum absolute atomic E-state index is 2.82. The van der Waals surface area contributed by atoms with E-state index in [-0.39, 0.29) is 0 Å². The van der Waals surface area contributed by atoms with Crippen molar-refractivity contribution in [3.8, 4) is 0 Å². The first-order chi connectivity index (χ1) is 21.8. The highest BCUT2D eigenvalue weighted by atomic mass is 14.6. The molecule has 4 unspecified atom stereocenters. The van der Waals surface area contributed by atoms with Crippen LogP contribution in [-0.4, -0.2) is 0 Å². The number of allylic oxidation sites excluding steroid dienone is 6. The molecule has 0 aromatic heterocycles. The van der Waals surface area contributed by atoms with Crippen LogP contribution in [-0.2, 0) is 0 Å². The van der Waals surface area contributed by atoms with E-state index in [9.17, 15) is 0 Å². The van der Waals surface area contributed by atoms with Crippen molar-refractivity contribution >= 4 is 0 Å². The van der Waals surface area contributed by atoms with Gasteiger partial charge in [-0.3, -0.25) is 0 Å². The van der Waals surface area contributed by atoms with Crippen molar-refractivity contribution in [3.05, 3.63) is 36.0 Å². The van der Waals surface area contributed by atoms with Crippen molar-refractivity contribution in [2.24, 2.45) is 52.3 Å². The van der Waals surface area contributed by atoms with Crippen molar-refractivity contribution < 1.29 is 0 Å². The van der Waals surface area contributed by atoms with Crippen LogP contribution in [0.2, 0.25) is 0 Å². The fourth-order valence-electron chi connectivity index (χ4n) is 11.4. The van der Waals surface area contributed by atoms with Crippen LogP contribution in [0.5, 0.6) is 0 Å². The van der Waals surface area contributed by atoms with Gasteiger partial charge in [-0.2, -0.15) is 0 Å². The van der Waals surface area contributed by atoms with Crippen molar-refractivity contribution in [2.45, 2.75) is 196 Å². The first-order valence-electron chi connectivity index (χ1n) is 20.8. The largest absolute Gasteiger partial charge is 0.0882 e. The Balaban J connectivity index is 1.13. The second kappa shape index (κ2) is 18.7. The van der Waals surface area contributed by atoms with E-state index in [0.29, 0.717) is 10.8 Å². The molecule has 0 nitrogen and oxygen atoms in total. The molecule has 0 heteroatoms. The third-order valence-corrected chi connectivity index (χ3v) is 14.2. The SMILES string of the molecule is CCCCCCCCC=CCC=CCCCCCC1CC[C@@]2(C)C(=CCC3C2CC[C@@]2(C)C3CC[C@@H]2[C@H](C)CCCC(C)C)C1. The van der Waals surface area contributed by atoms with Gasteiger partial charge in [-0.1, -0.05) is 148 Å². The maximum atomic E-state index is 2.82. The van der Waals surface area contributed by atoms with E-state index >= 15 is 0 Å². The molecule has 0 spiro atoms. The Hall–Kier alpha value is -0.780. The van der Waals surface area contributed by atoms with Crippen LogP contribution in [0.25, 0.3) is 0 Å². The average molecular weight is 619 g/mol. The van der Waals surface area contributed by atoms with Gasteiger partial charge in [0.1, 0.15) is 0 Å². The van der Waals surface area contributed by atoms with E-state index in [4.69, 9.17) is 0 Å². The number of hydrogen-bond donors (Lipinski definition) is 0. The Labute approximate surface area is 283 Å². The Bertz CT molecular complexity index is 918. The summed E-state index contributed by atoms with van der Waals surface area (Å²) in [6.45, 7) is 15.2. The lowest BCUT2D eigenvalue weighted by molar-refractivity contribution is -0.0529. The van der Waals surface area contributed by atoms with Gasteiger partial charge in [0.05, 0.1) is 0 Å². The zero-order valence-electron chi connectivity index (χ0n) is 31.4. The van der Waals surface area contributed by atoms with Gasteiger partial charge in [0.15, 0.2) is 0 Å². The second-order valence-corrected chi connectivity index (χ2v) is 17.8. The van der Waals surface area contributed by atoms with E-state index in [1.165, 1.54) is 148 Å². The minimum absolute atomic E-state index is 0.523. The summed E-state index contributed by atoms with van der Waals surface area (Å²) in [5, 5.41) is 0. The van der Waals surface area contributed by atoms with Crippen molar-refractivity contribution in [1.29, 1.82) is 0 Å². The molecule has 258 valence electrons. The molecule has 0 aromatic carbocycles. The highest BCUT2D eigenvalue weighted by Gasteiger charge is 2.59. The molecule has 0 amide bonds. The van der Waals surface area contributed by atoms with Crippen molar-refractivity contribution in [1.82, 2.24) is 0 Å². The molecular weight excluding hydrogens is 540 g/mol. The zero-order chi connectivity index (χ0) is 32.1. The molecule has 45 heavy (non-hydrogen) atoms. The van der Waals surface area contributed by atoms with Crippen LogP contribution in [0.3, 0.4) is 0 Å². The van der Waals surface area contributed by atoms with E-state index in [1.807, 2.05) is 5.57 Å². The highest BCUT2D eigenvalue weighted by Crippen LogP contribution is 2.67. The summed E-state index contributed by atoms with van der Waals surface area (Å²) < 4.78 is 0.